The van der Waals surface area contributed by atoms with Crippen LogP contribution in [0.3, 0.4) is 0 Å². The summed E-state index contributed by atoms with van der Waals surface area (Å²) >= 11 is 7.65. The van der Waals surface area contributed by atoms with Crippen LogP contribution in [-0.2, 0) is 13.0 Å². The van der Waals surface area contributed by atoms with Crippen LogP contribution in [0.5, 0.6) is 0 Å². The number of hydrogen-bond acceptors (Lipinski definition) is 3. The highest BCUT2D eigenvalue weighted by atomic mass is 35.5. The maximum Gasteiger partial charge on any atom is 0.183 e. The number of rotatable bonds is 5. The molecule has 0 saturated heterocycles. The third kappa shape index (κ3) is 3.87. The zero-order valence-corrected chi connectivity index (χ0v) is 13.9. The second kappa shape index (κ2) is 6.95. The highest BCUT2D eigenvalue weighted by molar-refractivity contribution is 7.15. The molecule has 1 heterocycles. The number of aryl methyl sites for hydroxylation is 1. The molecule has 2 nitrogen and oxygen atoms in total. The molecule has 112 valence electrons. The minimum atomic E-state index is 0.773. The monoisotopic (exact) mass is 328 g/mol. The number of anilines is 1. The molecule has 0 amide bonds. The molecule has 3 aromatic rings. The van der Waals surface area contributed by atoms with E-state index in [-0.39, 0.29) is 0 Å². The van der Waals surface area contributed by atoms with Crippen molar-refractivity contribution in [3.8, 4) is 0 Å². The third-order valence-electron chi connectivity index (χ3n) is 3.46. The van der Waals surface area contributed by atoms with Gasteiger partial charge < -0.3 is 5.32 Å². The van der Waals surface area contributed by atoms with Gasteiger partial charge in [-0.05, 0) is 30.2 Å². The number of benzene rings is 2. The topological polar surface area (TPSA) is 24.9 Å². The lowest BCUT2D eigenvalue weighted by Gasteiger charge is -2.02. The molecule has 3 rings (SSSR count). The lowest BCUT2D eigenvalue weighted by atomic mass is 10.1. The molecule has 22 heavy (non-hydrogen) atoms. The van der Waals surface area contributed by atoms with Crippen molar-refractivity contribution in [2.75, 3.05) is 5.32 Å². The Morgan fingerprint density at radius 3 is 2.45 bits per heavy atom. The minimum absolute atomic E-state index is 0.773. The lowest BCUT2D eigenvalue weighted by Crippen LogP contribution is -1.98. The molecular weight excluding hydrogens is 312 g/mol. The summed E-state index contributed by atoms with van der Waals surface area (Å²) in [5.41, 5.74) is 3.61. The first kappa shape index (κ1) is 15.1. The molecule has 0 saturated carbocycles. The molecule has 0 atom stereocenters. The Kier molecular flexibility index (Phi) is 4.76. The summed E-state index contributed by atoms with van der Waals surface area (Å²) in [4.78, 5) is 5.91. The first-order chi connectivity index (χ1) is 10.7. The van der Waals surface area contributed by atoms with E-state index in [1.54, 1.807) is 11.3 Å². The number of hydrogen-bond donors (Lipinski definition) is 1. The van der Waals surface area contributed by atoms with Crippen LogP contribution in [0.25, 0.3) is 0 Å². The van der Waals surface area contributed by atoms with Crippen molar-refractivity contribution in [1.82, 2.24) is 4.98 Å². The Labute approximate surface area is 139 Å². The number of aromatic nitrogens is 1. The lowest BCUT2D eigenvalue weighted by molar-refractivity contribution is 1.10. The molecule has 2 aromatic carbocycles. The van der Waals surface area contributed by atoms with Gasteiger partial charge in [-0.25, -0.2) is 4.98 Å². The van der Waals surface area contributed by atoms with Crippen molar-refractivity contribution in [3.63, 3.8) is 0 Å². The first-order valence-corrected chi connectivity index (χ1v) is 8.39. The summed E-state index contributed by atoms with van der Waals surface area (Å²) < 4.78 is 0. The van der Waals surface area contributed by atoms with Gasteiger partial charge in [-0.15, -0.1) is 11.3 Å². The first-order valence-electron chi connectivity index (χ1n) is 7.19. The Morgan fingerprint density at radius 1 is 1.00 bits per heavy atom. The molecule has 0 radical (unpaired) electrons. The normalized spacial score (nSPS) is 10.6. The number of nitrogens with one attached hydrogen (secondary N) is 1. The van der Waals surface area contributed by atoms with Crippen LogP contribution in [0.1, 0.15) is 21.7 Å². The van der Waals surface area contributed by atoms with Crippen molar-refractivity contribution >= 4 is 28.1 Å². The van der Waals surface area contributed by atoms with Crippen LogP contribution < -0.4 is 5.32 Å². The number of thiazole rings is 1. The van der Waals surface area contributed by atoms with Gasteiger partial charge in [-0.3, -0.25) is 0 Å². The van der Waals surface area contributed by atoms with E-state index in [0.29, 0.717) is 0 Å². The molecule has 0 bridgehead atoms. The van der Waals surface area contributed by atoms with Gasteiger partial charge in [0.25, 0.3) is 0 Å². The highest BCUT2D eigenvalue weighted by Crippen LogP contribution is 2.26. The van der Waals surface area contributed by atoms with Crippen molar-refractivity contribution in [2.45, 2.75) is 19.9 Å². The van der Waals surface area contributed by atoms with E-state index in [2.05, 4.69) is 53.6 Å². The van der Waals surface area contributed by atoms with Gasteiger partial charge in [0.15, 0.2) is 5.13 Å². The van der Waals surface area contributed by atoms with Crippen LogP contribution in [0.4, 0.5) is 5.13 Å². The maximum absolute atomic E-state index is 5.93. The number of nitrogens with zero attached hydrogens (tertiary/aromatic N) is 1. The largest absolute Gasteiger partial charge is 0.357 e. The van der Waals surface area contributed by atoms with E-state index >= 15 is 0 Å². The van der Waals surface area contributed by atoms with Gasteiger partial charge in [0, 0.05) is 22.9 Å². The zero-order valence-electron chi connectivity index (χ0n) is 12.3. The molecule has 1 N–H and O–H groups in total. The fourth-order valence-corrected chi connectivity index (χ4v) is 3.35. The van der Waals surface area contributed by atoms with E-state index < -0.39 is 0 Å². The van der Waals surface area contributed by atoms with E-state index in [4.69, 9.17) is 11.6 Å². The van der Waals surface area contributed by atoms with Crippen molar-refractivity contribution in [3.05, 3.63) is 81.3 Å². The molecule has 0 fully saturated rings. The molecule has 4 heteroatoms. The van der Waals surface area contributed by atoms with Crippen LogP contribution in [-0.4, -0.2) is 4.98 Å². The van der Waals surface area contributed by atoms with E-state index in [9.17, 15) is 0 Å². The highest BCUT2D eigenvalue weighted by Gasteiger charge is 2.08. The second-order valence-electron chi connectivity index (χ2n) is 5.17. The predicted octanol–water partition coefficient (Wildman–Crippen LogP) is 5.31. The van der Waals surface area contributed by atoms with E-state index in [0.717, 1.165) is 28.8 Å². The molecule has 0 spiro atoms. The summed E-state index contributed by atoms with van der Waals surface area (Å²) in [5, 5.41) is 5.15. The quantitative estimate of drug-likeness (QED) is 0.686. The summed E-state index contributed by atoms with van der Waals surface area (Å²) in [6, 6.07) is 18.4. The number of halogens is 1. The summed E-state index contributed by atoms with van der Waals surface area (Å²) in [6.07, 6.45) is 0.897. The van der Waals surface area contributed by atoms with Crippen molar-refractivity contribution < 1.29 is 0 Å². The summed E-state index contributed by atoms with van der Waals surface area (Å²) in [7, 11) is 0. The van der Waals surface area contributed by atoms with E-state index in [1.165, 1.54) is 16.0 Å². The van der Waals surface area contributed by atoms with Gasteiger partial charge in [0.05, 0.1) is 5.69 Å². The van der Waals surface area contributed by atoms with Crippen LogP contribution in [0.15, 0.2) is 54.6 Å². The molecule has 0 aliphatic heterocycles. The minimum Gasteiger partial charge on any atom is -0.357 e. The van der Waals surface area contributed by atoms with Crippen LogP contribution in [0, 0.1) is 6.92 Å². The predicted molar refractivity (Wildman–Crippen MR) is 94.9 cm³/mol. The van der Waals surface area contributed by atoms with Crippen LogP contribution in [0.2, 0.25) is 5.02 Å². The Bertz CT molecular complexity index is 736. The average molecular weight is 329 g/mol. The molecule has 1 aromatic heterocycles. The van der Waals surface area contributed by atoms with E-state index in [1.807, 2.05) is 18.2 Å². The molecular formula is C18H17ClN2S. The van der Waals surface area contributed by atoms with Gasteiger partial charge in [0.2, 0.25) is 0 Å². The molecule has 0 aliphatic carbocycles. The summed E-state index contributed by atoms with van der Waals surface area (Å²) in [6.45, 7) is 2.86. The zero-order chi connectivity index (χ0) is 15.4. The van der Waals surface area contributed by atoms with Gasteiger partial charge in [-0.2, -0.15) is 0 Å². The fraction of sp³-hybridized carbons (Fsp3) is 0.167. The van der Waals surface area contributed by atoms with Gasteiger partial charge >= 0.3 is 0 Å². The van der Waals surface area contributed by atoms with Gasteiger partial charge in [0.1, 0.15) is 0 Å². The Balaban J connectivity index is 1.67. The van der Waals surface area contributed by atoms with Gasteiger partial charge in [-0.1, -0.05) is 54.1 Å². The summed E-state index contributed by atoms with van der Waals surface area (Å²) in [5.74, 6) is 0. The second-order valence-corrected chi connectivity index (χ2v) is 6.69. The molecule has 0 unspecified atom stereocenters. The Morgan fingerprint density at radius 2 is 1.73 bits per heavy atom. The smallest absolute Gasteiger partial charge is 0.183 e. The Hall–Kier alpha value is -1.84. The fourth-order valence-electron chi connectivity index (χ4n) is 2.23. The molecule has 0 aliphatic rings. The van der Waals surface area contributed by atoms with Crippen molar-refractivity contribution in [1.29, 1.82) is 0 Å². The van der Waals surface area contributed by atoms with Crippen LogP contribution >= 0.6 is 22.9 Å². The standard InChI is InChI=1S/C18H17ClN2S/c1-13-17(11-14-7-9-16(19)10-8-14)22-18(21-13)20-12-15-5-3-2-4-6-15/h2-10H,11-12H2,1H3,(H,20,21). The van der Waals surface area contributed by atoms with Crippen molar-refractivity contribution in [2.24, 2.45) is 0 Å². The maximum atomic E-state index is 5.93. The SMILES string of the molecule is Cc1nc(NCc2ccccc2)sc1Cc1ccc(Cl)cc1. The third-order valence-corrected chi connectivity index (χ3v) is 4.82. The average Bonchev–Trinajstić information content (AvgIpc) is 2.89.